The summed E-state index contributed by atoms with van der Waals surface area (Å²) in [5, 5.41) is 24.4. The summed E-state index contributed by atoms with van der Waals surface area (Å²) in [6.45, 7) is 2.54. The maximum atomic E-state index is 13.0. The molecule has 6 heteroatoms. The number of ketones is 2. The molecule has 0 saturated carbocycles. The fraction of sp³-hybridized carbons (Fsp3) is 0.300. The number of benzene rings is 2. The van der Waals surface area contributed by atoms with Crippen LogP contribution in [-0.2, 0) is 0 Å². The first-order chi connectivity index (χ1) is 12.4. The molecule has 6 nitrogen and oxygen atoms in total. The van der Waals surface area contributed by atoms with Gasteiger partial charge in [-0.25, -0.2) is 0 Å². The molecule has 3 N–H and O–H groups in total. The molecule has 2 aliphatic rings. The van der Waals surface area contributed by atoms with Gasteiger partial charge in [-0.3, -0.25) is 9.59 Å². The molecule has 0 aromatic heterocycles. The highest BCUT2D eigenvalue weighted by Crippen LogP contribution is 2.45. The second-order valence-electron chi connectivity index (χ2n) is 6.78. The number of ether oxygens (including phenoxy) is 1. The van der Waals surface area contributed by atoms with E-state index in [9.17, 15) is 19.8 Å². The minimum atomic E-state index is -0.550. The highest BCUT2D eigenvalue weighted by Gasteiger charge is 2.38. The SMILES string of the molecule is COc1cc2c(c(O)c1C1CCCN1)C(=O)c1c(O)cc(C)cc1C2=O. The third-order valence-electron chi connectivity index (χ3n) is 5.14. The number of nitrogens with one attached hydrogen (secondary N) is 1. The molecule has 2 aromatic rings. The Bertz CT molecular complexity index is 957. The number of fused-ring (bicyclic) bond motifs is 2. The molecule has 1 heterocycles. The molecule has 1 fully saturated rings. The fourth-order valence-corrected chi connectivity index (χ4v) is 3.96. The molecule has 134 valence electrons. The van der Waals surface area contributed by atoms with E-state index in [0.717, 1.165) is 19.4 Å². The first-order valence-corrected chi connectivity index (χ1v) is 8.54. The van der Waals surface area contributed by atoms with Crippen LogP contribution >= 0.6 is 0 Å². The van der Waals surface area contributed by atoms with E-state index in [1.54, 1.807) is 13.0 Å². The number of carbonyl (C=O) groups excluding carboxylic acids is 2. The van der Waals surface area contributed by atoms with Crippen LogP contribution < -0.4 is 10.1 Å². The van der Waals surface area contributed by atoms with Gasteiger partial charge in [-0.1, -0.05) is 0 Å². The van der Waals surface area contributed by atoms with Crippen molar-refractivity contribution in [2.75, 3.05) is 13.7 Å². The van der Waals surface area contributed by atoms with E-state index in [1.807, 2.05) is 0 Å². The van der Waals surface area contributed by atoms with Crippen LogP contribution in [0.3, 0.4) is 0 Å². The second kappa shape index (κ2) is 5.85. The first-order valence-electron chi connectivity index (χ1n) is 8.54. The topological polar surface area (TPSA) is 95.9 Å². The molecule has 2 aromatic carbocycles. The first kappa shape index (κ1) is 16.6. The number of hydrogen-bond acceptors (Lipinski definition) is 6. The Morgan fingerprint density at radius 1 is 1.08 bits per heavy atom. The number of hydrogen-bond donors (Lipinski definition) is 3. The summed E-state index contributed by atoms with van der Waals surface area (Å²) >= 11 is 0. The van der Waals surface area contributed by atoms with Crippen molar-refractivity contribution in [3.8, 4) is 17.2 Å². The fourth-order valence-electron chi connectivity index (χ4n) is 3.96. The molecule has 1 aliphatic heterocycles. The average molecular weight is 353 g/mol. The summed E-state index contributed by atoms with van der Waals surface area (Å²) in [5.41, 5.74) is 1.29. The number of rotatable bonds is 2. The third kappa shape index (κ3) is 2.22. The average Bonchev–Trinajstić information content (AvgIpc) is 3.12. The lowest BCUT2D eigenvalue weighted by Crippen LogP contribution is -2.23. The van der Waals surface area contributed by atoms with E-state index >= 15 is 0 Å². The van der Waals surface area contributed by atoms with Crippen LogP contribution in [0.4, 0.5) is 0 Å². The van der Waals surface area contributed by atoms with E-state index < -0.39 is 11.6 Å². The van der Waals surface area contributed by atoms with Crippen molar-refractivity contribution in [1.29, 1.82) is 0 Å². The minimum Gasteiger partial charge on any atom is -0.507 e. The van der Waals surface area contributed by atoms with Gasteiger partial charge in [0.1, 0.15) is 17.2 Å². The zero-order valence-corrected chi connectivity index (χ0v) is 14.5. The molecule has 1 unspecified atom stereocenters. The van der Waals surface area contributed by atoms with Gasteiger partial charge in [0, 0.05) is 17.2 Å². The Hall–Kier alpha value is -2.86. The Morgan fingerprint density at radius 3 is 2.46 bits per heavy atom. The van der Waals surface area contributed by atoms with E-state index in [-0.39, 0.29) is 39.8 Å². The number of aryl methyl sites for hydroxylation is 1. The standard InChI is InChI=1S/C20H19NO5/c1-9-6-10-15(13(22)7-9)19(24)16-11(18(10)23)8-14(26-2)17(20(16)25)12-4-3-5-21-12/h6-8,12,21-22,25H,3-5H2,1-2H3. The van der Waals surface area contributed by atoms with Gasteiger partial charge in [0.05, 0.1) is 23.8 Å². The zero-order valence-electron chi connectivity index (χ0n) is 14.5. The predicted molar refractivity (Wildman–Crippen MR) is 94.3 cm³/mol. The van der Waals surface area contributed by atoms with Crippen molar-refractivity contribution in [2.45, 2.75) is 25.8 Å². The maximum absolute atomic E-state index is 13.0. The van der Waals surface area contributed by atoms with Crippen LogP contribution in [0.25, 0.3) is 0 Å². The highest BCUT2D eigenvalue weighted by molar-refractivity contribution is 6.30. The maximum Gasteiger partial charge on any atom is 0.201 e. The number of aromatic hydroxyl groups is 2. The van der Waals surface area contributed by atoms with Gasteiger partial charge in [-0.2, -0.15) is 0 Å². The predicted octanol–water partition coefficient (Wildman–Crippen LogP) is 2.61. The lowest BCUT2D eigenvalue weighted by atomic mass is 9.80. The van der Waals surface area contributed by atoms with Gasteiger partial charge >= 0.3 is 0 Å². The Kier molecular flexibility index (Phi) is 3.73. The lowest BCUT2D eigenvalue weighted by Gasteiger charge is -2.24. The molecule has 4 rings (SSSR count). The second-order valence-corrected chi connectivity index (χ2v) is 6.78. The van der Waals surface area contributed by atoms with Crippen LogP contribution in [0, 0.1) is 6.92 Å². The molecule has 0 radical (unpaired) electrons. The molecule has 0 bridgehead atoms. The molecular weight excluding hydrogens is 334 g/mol. The van der Waals surface area contributed by atoms with Crippen molar-refractivity contribution in [3.63, 3.8) is 0 Å². The number of phenolic OH excluding ortho intramolecular Hbond substituents is 2. The van der Waals surface area contributed by atoms with Crippen molar-refractivity contribution in [1.82, 2.24) is 5.32 Å². The summed E-state index contributed by atoms with van der Waals surface area (Å²) in [4.78, 5) is 26.0. The van der Waals surface area contributed by atoms with Gasteiger partial charge in [-0.15, -0.1) is 0 Å². The highest BCUT2D eigenvalue weighted by atomic mass is 16.5. The monoisotopic (exact) mass is 353 g/mol. The molecule has 26 heavy (non-hydrogen) atoms. The number of methoxy groups -OCH3 is 1. The van der Waals surface area contributed by atoms with E-state index in [0.29, 0.717) is 16.9 Å². The van der Waals surface area contributed by atoms with Crippen LogP contribution in [0.5, 0.6) is 17.2 Å². The summed E-state index contributed by atoms with van der Waals surface area (Å²) in [6.07, 6.45) is 1.74. The Balaban J connectivity index is 1.99. The number of carbonyl (C=O) groups is 2. The molecule has 0 amide bonds. The van der Waals surface area contributed by atoms with Crippen LogP contribution in [0.1, 0.15) is 61.9 Å². The van der Waals surface area contributed by atoms with Gasteiger partial charge in [0.2, 0.25) is 5.78 Å². The smallest absolute Gasteiger partial charge is 0.201 e. The van der Waals surface area contributed by atoms with Crippen molar-refractivity contribution < 1.29 is 24.5 Å². The molecular formula is C20H19NO5. The Morgan fingerprint density at radius 2 is 1.81 bits per heavy atom. The van der Waals surface area contributed by atoms with Gasteiger partial charge in [-0.05, 0) is 50.1 Å². The molecule has 1 atom stereocenters. The Labute approximate surface area is 150 Å². The molecule has 1 saturated heterocycles. The quantitative estimate of drug-likeness (QED) is 0.655. The number of phenols is 2. The summed E-state index contributed by atoms with van der Waals surface area (Å²) in [5.74, 6) is -1.08. The zero-order chi connectivity index (χ0) is 18.6. The van der Waals surface area contributed by atoms with Crippen molar-refractivity contribution in [2.24, 2.45) is 0 Å². The van der Waals surface area contributed by atoms with E-state index in [1.165, 1.54) is 19.2 Å². The summed E-state index contributed by atoms with van der Waals surface area (Å²) in [7, 11) is 1.47. The van der Waals surface area contributed by atoms with Gasteiger partial charge in [0.15, 0.2) is 5.78 Å². The summed E-state index contributed by atoms with van der Waals surface area (Å²) < 4.78 is 5.41. The normalized spacial score (nSPS) is 18.6. The molecule has 1 aliphatic carbocycles. The third-order valence-corrected chi connectivity index (χ3v) is 5.14. The van der Waals surface area contributed by atoms with Gasteiger partial charge in [0.25, 0.3) is 0 Å². The van der Waals surface area contributed by atoms with Crippen molar-refractivity contribution in [3.05, 3.63) is 51.6 Å². The van der Waals surface area contributed by atoms with E-state index in [4.69, 9.17) is 4.74 Å². The van der Waals surface area contributed by atoms with Crippen LogP contribution in [0.15, 0.2) is 18.2 Å². The lowest BCUT2D eigenvalue weighted by molar-refractivity contribution is 0.0973. The van der Waals surface area contributed by atoms with Gasteiger partial charge < -0.3 is 20.3 Å². The minimum absolute atomic E-state index is 0.0566. The van der Waals surface area contributed by atoms with Crippen LogP contribution in [0.2, 0.25) is 0 Å². The van der Waals surface area contributed by atoms with E-state index in [2.05, 4.69) is 5.32 Å². The summed E-state index contributed by atoms with van der Waals surface area (Å²) in [6, 6.07) is 4.39. The van der Waals surface area contributed by atoms with Crippen molar-refractivity contribution >= 4 is 11.6 Å². The van der Waals surface area contributed by atoms with Crippen LogP contribution in [-0.4, -0.2) is 35.4 Å². The molecule has 0 spiro atoms. The largest absolute Gasteiger partial charge is 0.507 e.